The minimum atomic E-state index is -2.54. The summed E-state index contributed by atoms with van der Waals surface area (Å²) in [4.78, 5) is 13.3. The summed E-state index contributed by atoms with van der Waals surface area (Å²) in [5.74, 6) is -3.31. The number of nitrogens with zero attached hydrogens (tertiary/aromatic N) is 1. The predicted molar refractivity (Wildman–Crippen MR) is 67.6 cm³/mol. The third-order valence-electron chi connectivity index (χ3n) is 3.19. The van der Waals surface area contributed by atoms with Gasteiger partial charge < -0.3 is 10.2 Å². The van der Waals surface area contributed by atoms with Gasteiger partial charge in [-0.3, -0.25) is 4.79 Å². The van der Waals surface area contributed by atoms with E-state index in [0.29, 0.717) is 32.4 Å². The molecule has 3 nitrogen and oxygen atoms in total. The standard InChI is InChI=1S/C13H22F2N2O/c1-17(2)10-4-6-12(18)16-9-7-11-5-3-8-13(11,14)15/h4,6,11H,3,5,7-10H2,1-2H3,(H,16,18)/b6-4+. The molecule has 1 saturated carbocycles. The van der Waals surface area contributed by atoms with E-state index in [9.17, 15) is 13.6 Å². The molecule has 5 heteroatoms. The Morgan fingerprint density at radius 2 is 2.22 bits per heavy atom. The van der Waals surface area contributed by atoms with Gasteiger partial charge in [-0.1, -0.05) is 6.08 Å². The van der Waals surface area contributed by atoms with Crippen molar-refractivity contribution in [2.75, 3.05) is 27.2 Å². The van der Waals surface area contributed by atoms with Gasteiger partial charge in [0.1, 0.15) is 0 Å². The number of alkyl halides is 2. The molecular formula is C13H22F2N2O. The van der Waals surface area contributed by atoms with Crippen LogP contribution in [0.1, 0.15) is 25.7 Å². The van der Waals surface area contributed by atoms with Gasteiger partial charge in [-0.25, -0.2) is 8.78 Å². The van der Waals surface area contributed by atoms with E-state index in [1.165, 1.54) is 6.08 Å². The molecule has 0 aromatic heterocycles. The highest BCUT2D eigenvalue weighted by atomic mass is 19.3. The summed E-state index contributed by atoms with van der Waals surface area (Å²) in [7, 11) is 3.81. The molecule has 0 heterocycles. The third kappa shape index (κ3) is 5.12. The first kappa shape index (κ1) is 15.1. The van der Waals surface area contributed by atoms with Crippen LogP contribution < -0.4 is 5.32 Å². The van der Waals surface area contributed by atoms with E-state index >= 15 is 0 Å². The quantitative estimate of drug-likeness (QED) is 0.741. The zero-order chi connectivity index (χ0) is 13.6. The van der Waals surface area contributed by atoms with Gasteiger partial charge in [0.05, 0.1) is 0 Å². The van der Waals surface area contributed by atoms with E-state index in [-0.39, 0.29) is 12.3 Å². The minimum absolute atomic E-state index is 0.00560. The van der Waals surface area contributed by atoms with Gasteiger partial charge >= 0.3 is 0 Å². The number of likely N-dealkylation sites (N-methyl/N-ethyl adjacent to an activating group) is 1. The zero-order valence-corrected chi connectivity index (χ0v) is 11.1. The largest absolute Gasteiger partial charge is 0.353 e. The fourth-order valence-electron chi connectivity index (χ4n) is 2.15. The molecule has 0 bridgehead atoms. The van der Waals surface area contributed by atoms with Crippen molar-refractivity contribution in [3.63, 3.8) is 0 Å². The SMILES string of the molecule is CN(C)C/C=C/C(=O)NCCC1CCCC1(F)F. The van der Waals surface area contributed by atoms with Crippen molar-refractivity contribution in [1.82, 2.24) is 10.2 Å². The first-order chi connectivity index (χ1) is 8.42. The molecule has 1 atom stereocenters. The second-order valence-corrected chi connectivity index (χ2v) is 5.09. The van der Waals surface area contributed by atoms with Gasteiger partial charge in [0.2, 0.25) is 5.91 Å². The lowest BCUT2D eigenvalue weighted by Gasteiger charge is -2.18. The second-order valence-electron chi connectivity index (χ2n) is 5.09. The molecule has 1 unspecified atom stereocenters. The maximum absolute atomic E-state index is 13.3. The summed E-state index contributed by atoms with van der Waals surface area (Å²) >= 11 is 0. The third-order valence-corrected chi connectivity index (χ3v) is 3.19. The molecule has 1 fully saturated rings. The van der Waals surface area contributed by atoms with E-state index in [2.05, 4.69) is 5.32 Å². The molecule has 0 saturated heterocycles. The van der Waals surface area contributed by atoms with E-state index < -0.39 is 11.8 Å². The van der Waals surface area contributed by atoms with Crippen LogP contribution >= 0.6 is 0 Å². The fourth-order valence-corrected chi connectivity index (χ4v) is 2.15. The predicted octanol–water partition coefficient (Wildman–Crippen LogP) is 2.05. The van der Waals surface area contributed by atoms with Crippen LogP contribution in [0.4, 0.5) is 8.78 Å². The lowest BCUT2D eigenvalue weighted by atomic mass is 10.0. The molecule has 1 aliphatic rings. The molecular weight excluding hydrogens is 238 g/mol. The van der Waals surface area contributed by atoms with Crippen molar-refractivity contribution < 1.29 is 13.6 Å². The molecule has 0 aromatic carbocycles. The van der Waals surface area contributed by atoms with Crippen molar-refractivity contribution in [3.05, 3.63) is 12.2 Å². The van der Waals surface area contributed by atoms with Crippen molar-refractivity contribution in [1.29, 1.82) is 0 Å². The summed E-state index contributed by atoms with van der Waals surface area (Å²) in [5.41, 5.74) is 0. The summed E-state index contributed by atoms with van der Waals surface area (Å²) in [5, 5.41) is 2.64. The van der Waals surface area contributed by atoms with Crippen LogP contribution in [-0.4, -0.2) is 43.9 Å². The topological polar surface area (TPSA) is 32.3 Å². The lowest BCUT2D eigenvalue weighted by molar-refractivity contribution is -0.116. The van der Waals surface area contributed by atoms with Gasteiger partial charge in [0, 0.05) is 31.5 Å². The maximum Gasteiger partial charge on any atom is 0.251 e. The van der Waals surface area contributed by atoms with Crippen molar-refractivity contribution in [3.8, 4) is 0 Å². The molecule has 1 N–H and O–H groups in total. The molecule has 1 rings (SSSR count). The number of hydrogen-bond donors (Lipinski definition) is 1. The molecule has 1 aliphatic carbocycles. The molecule has 0 spiro atoms. The normalized spacial score (nSPS) is 22.8. The Labute approximate surface area is 107 Å². The summed E-state index contributed by atoms with van der Waals surface area (Å²) in [6.45, 7) is 1.01. The van der Waals surface area contributed by atoms with Crippen molar-refractivity contribution in [2.45, 2.75) is 31.6 Å². The Kier molecular flexibility index (Phi) is 5.72. The van der Waals surface area contributed by atoms with Gasteiger partial charge in [0.25, 0.3) is 5.92 Å². The number of nitrogens with one attached hydrogen (secondary N) is 1. The Hall–Kier alpha value is -0.970. The van der Waals surface area contributed by atoms with Crippen molar-refractivity contribution >= 4 is 5.91 Å². The van der Waals surface area contributed by atoms with Crippen LogP contribution in [0.25, 0.3) is 0 Å². The van der Waals surface area contributed by atoms with Crippen LogP contribution in [0.15, 0.2) is 12.2 Å². The van der Waals surface area contributed by atoms with E-state index in [0.717, 1.165) is 0 Å². The Bertz CT molecular complexity index is 303. The average molecular weight is 260 g/mol. The maximum atomic E-state index is 13.3. The molecule has 0 radical (unpaired) electrons. The molecule has 18 heavy (non-hydrogen) atoms. The number of amides is 1. The highest BCUT2D eigenvalue weighted by molar-refractivity contribution is 5.87. The Morgan fingerprint density at radius 1 is 1.50 bits per heavy atom. The lowest BCUT2D eigenvalue weighted by Crippen LogP contribution is -2.29. The number of rotatable bonds is 6. The van der Waals surface area contributed by atoms with E-state index in [4.69, 9.17) is 0 Å². The molecule has 0 aromatic rings. The minimum Gasteiger partial charge on any atom is -0.353 e. The van der Waals surface area contributed by atoms with Crippen LogP contribution in [0.5, 0.6) is 0 Å². The van der Waals surface area contributed by atoms with Gasteiger partial charge in [0.15, 0.2) is 0 Å². The zero-order valence-electron chi connectivity index (χ0n) is 11.1. The molecule has 1 amide bonds. The van der Waals surface area contributed by atoms with Crippen molar-refractivity contribution in [2.24, 2.45) is 5.92 Å². The highest BCUT2D eigenvalue weighted by Gasteiger charge is 2.42. The van der Waals surface area contributed by atoms with E-state index in [1.54, 1.807) is 6.08 Å². The number of halogens is 2. The first-order valence-corrected chi connectivity index (χ1v) is 6.39. The first-order valence-electron chi connectivity index (χ1n) is 6.39. The van der Waals surface area contributed by atoms with Crippen LogP contribution in [0.2, 0.25) is 0 Å². The Balaban J connectivity index is 2.18. The summed E-state index contributed by atoms with van der Waals surface area (Å²) < 4.78 is 26.6. The Morgan fingerprint density at radius 3 is 2.78 bits per heavy atom. The smallest absolute Gasteiger partial charge is 0.251 e. The highest BCUT2D eigenvalue weighted by Crippen LogP contribution is 2.41. The summed E-state index contributed by atoms with van der Waals surface area (Å²) in [6.07, 6.45) is 4.72. The van der Waals surface area contributed by atoms with E-state index in [1.807, 2.05) is 19.0 Å². The van der Waals surface area contributed by atoms with Gasteiger partial charge in [-0.2, -0.15) is 0 Å². The summed E-state index contributed by atoms with van der Waals surface area (Å²) in [6, 6.07) is 0. The fraction of sp³-hybridized carbons (Fsp3) is 0.769. The molecule has 104 valence electrons. The molecule has 0 aliphatic heterocycles. The van der Waals surface area contributed by atoms with Gasteiger partial charge in [-0.15, -0.1) is 0 Å². The second kappa shape index (κ2) is 6.83. The number of carbonyl (C=O) groups is 1. The van der Waals surface area contributed by atoms with Crippen LogP contribution in [0, 0.1) is 5.92 Å². The average Bonchev–Trinajstić information content (AvgIpc) is 2.58. The van der Waals surface area contributed by atoms with Crippen LogP contribution in [0.3, 0.4) is 0 Å². The van der Waals surface area contributed by atoms with Gasteiger partial charge in [-0.05, 0) is 33.4 Å². The monoisotopic (exact) mass is 260 g/mol. The van der Waals surface area contributed by atoms with Crippen LogP contribution in [-0.2, 0) is 4.79 Å². The number of hydrogen-bond acceptors (Lipinski definition) is 2. The number of carbonyl (C=O) groups excluding carboxylic acids is 1.